The molecule has 128 valence electrons. The van der Waals surface area contributed by atoms with Crippen LogP contribution in [-0.2, 0) is 9.59 Å². The van der Waals surface area contributed by atoms with Gasteiger partial charge in [-0.2, -0.15) is 0 Å². The molecule has 3 N–H and O–H groups in total. The van der Waals surface area contributed by atoms with Crippen molar-refractivity contribution in [3.8, 4) is 0 Å². The van der Waals surface area contributed by atoms with Crippen molar-refractivity contribution >= 4 is 34.4 Å². The maximum Gasteiger partial charge on any atom is 0.371 e. The third-order valence-electron chi connectivity index (χ3n) is 3.47. The van der Waals surface area contributed by atoms with Crippen LogP contribution in [0.25, 0.3) is 11.0 Å². The van der Waals surface area contributed by atoms with E-state index in [4.69, 9.17) is 9.52 Å². The lowest BCUT2D eigenvalue weighted by atomic mass is 10.1. The van der Waals surface area contributed by atoms with E-state index in [9.17, 15) is 14.4 Å². The maximum atomic E-state index is 11.9. The lowest BCUT2D eigenvalue weighted by molar-refractivity contribution is -0.119. The van der Waals surface area contributed by atoms with Crippen LogP contribution in [0.3, 0.4) is 0 Å². The zero-order valence-corrected chi connectivity index (χ0v) is 13.4. The molecule has 1 aromatic carbocycles. The van der Waals surface area contributed by atoms with Crippen molar-refractivity contribution in [2.45, 2.75) is 32.6 Å². The molecule has 0 atom stereocenters. The molecule has 7 nitrogen and oxygen atoms in total. The number of fused-ring (bicyclic) bond motifs is 1. The van der Waals surface area contributed by atoms with Gasteiger partial charge in [0.1, 0.15) is 5.58 Å². The van der Waals surface area contributed by atoms with Crippen LogP contribution in [0.15, 0.2) is 28.7 Å². The molecule has 0 spiro atoms. The molecule has 0 aliphatic carbocycles. The average molecular weight is 332 g/mol. The highest BCUT2D eigenvalue weighted by molar-refractivity contribution is 5.95. The number of carbonyl (C=O) groups is 3. The predicted octanol–water partition coefficient (Wildman–Crippen LogP) is 2.77. The van der Waals surface area contributed by atoms with Crippen LogP contribution in [0.4, 0.5) is 5.69 Å². The first-order valence-electron chi connectivity index (χ1n) is 7.77. The molecule has 7 heteroatoms. The average Bonchev–Trinajstić information content (AvgIpc) is 2.94. The van der Waals surface area contributed by atoms with Crippen LogP contribution in [0, 0.1) is 0 Å². The molecule has 24 heavy (non-hydrogen) atoms. The minimum absolute atomic E-state index is 0.0477. The van der Waals surface area contributed by atoms with Crippen molar-refractivity contribution in [3.63, 3.8) is 0 Å². The fraction of sp³-hybridized carbons (Fsp3) is 0.353. The van der Waals surface area contributed by atoms with E-state index in [1.54, 1.807) is 18.2 Å². The van der Waals surface area contributed by atoms with Gasteiger partial charge in [0, 0.05) is 31.0 Å². The molecule has 0 saturated heterocycles. The van der Waals surface area contributed by atoms with E-state index in [1.807, 2.05) is 0 Å². The molecule has 1 heterocycles. The Balaban J connectivity index is 1.80. The summed E-state index contributed by atoms with van der Waals surface area (Å²) >= 11 is 0. The summed E-state index contributed by atoms with van der Waals surface area (Å²) in [6, 6.07) is 6.41. The van der Waals surface area contributed by atoms with Gasteiger partial charge in [0.2, 0.25) is 17.6 Å². The number of hydrogen-bond acceptors (Lipinski definition) is 4. The van der Waals surface area contributed by atoms with E-state index in [0.717, 1.165) is 19.3 Å². The first-order chi connectivity index (χ1) is 11.5. The highest BCUT2D eigenvalue weighted by atomic mass is 16.4. The topological polar surface area (TPSA) is 109 Å². The standard InChI is InChI=1S/C17H20N2O5/c1-11(20)18-8-4-2-3-5-16(21)19-13-6-7-14-12(9-13)10-15(24-14)17(22)23/h6-7,9-10H,2-5,8H2,1H3,(H,18,20)(H,19,21)(H,22,23). The van der Waals surface area contributed by atoms with Gasteiger partial charge in [-0.3, -0.25) is 9.59 Å². The second kappa shape index (κ2) is 8.14. The van der Waals surface area contributed by atoms with Gasteiger partial charge >= 0.3 is 5.97 Å². The number of aromatic carboxylic acids is 1. The third kappa shape index (κ3) is 5.12. The first-order valence-corrected chi connectivity index (χ1v) is 7.77. The largest absolute Gasteiger partial charge is 0.475 e. The number of nitrogens with one attached hydrogen (secondary N) is 2. The SMILES string of the molecule is CC(=O)NCCCCCC(=O)Nc1ccc2oc(C(=O)O)cc2c1. The van der Waals surface area contributed by atoms with Crippen LogP contribution in [0.2, 0.25) is 0 Å². The van der Waals surface area contributed by atoms with Gasteiger partial charge in [0.15, 0.2) is 0 Å². The van der Waals surface area contributed by atoms with Crippen molar-refractivity contribution < 1.29 is 23.9 Å². The van der Waals surface area contributed by atoms with Crippen LogP contribution < -0.4 is 10.6 Å². The molecule has 0 unspecified atom stereocenters. The molecule has 2 aromatic rings. The van der Waals surface area contributed by atoms with Gasteiger partial charge in [-0.05, 0) is 37.1 Å². The summed E-state index contributed by atoms with van der Waals surface area (Å²) in [5.74, 6) is -1.41. The Labute approximate surface area is 139 Å². The van der Waals surface area contributed by atoms with Gasteiger partial charge < -0.3 is 20.2 Å². The van der Waals surface area contributed by atoms with Crippen molar-refractivity contribution in [3.05, 3.63) is 30.0 Å². The highest BCUT2D eigenvalue weighted by Gasteiger charge is 2.11. The van der Waals surface area contributed by atoms with Crippen molar-refractivity contribution in [1.29, 1.82) is 0 Å². The number of furan rings is 1. The Morgan fingerprint density at radius 1 is 1.12 bits per heavy atom. The van der Waals surface area contributed by atoms with E-state index in [-0.39, 0.29) is 17.6 Å². The lowest BCUT2D eigenvalue weighted by Gasteiger charge is -2.05. The van der Waals surface area contributed by atoms with Crippen LogP contribution in [0.5, 0.6) is 0 Å². The fourth-order valence-corrected chi connectivity index (χ4v) is 2.30. The van der Waals surface area contributed by atoms with Gasteiger partial charge in [-0.25, -0.2) is 4.79 Å². The van der Waals surface area contributed by atoms with E-state index < -0.39 is 5.97 Å². The Bertz CT molecular complexity index is 751. The first kappa shape index (κ1) is 17.5. The zero-order valence-electron chi connectivity index (χ0n) is 13.4. The number of unbranched alkanes of at least 4 members (excludes halogenated alkanes) is 2. The van der Waals surface area contributed by atoms with E-state index >= 15 is 0 Å². The Morgan fingerprint density at radius 2 is 1.92 bits per heavy atom. The minimum Gasteiger partial charge on any atom is -0.475 e. The van der Waals surface area contributed by atoms with Gasteiger partial charge in [0.05, 0.1) is 0 Å². The molecule has 0 fully saturated rings. The number of rotatable bonds is 8. The summed E-state index contributed by atoms with van der Waals surface area (Å²) in [6.07, 6.45) is 2.83. The summed E-state index contributed by atoms with van der Waals surface area (Å²) in [7, 11) is 0. The Hall–Kier alpha value is -2.83. The highest BCUT2D eigenvalue weighted by Crippen LogP contribution is 2.23. The third-order valence-corrected chi connectivity index (χ3v) is 3.47. The number of amides is 2. The van der Waals surface area contributed by atoms with Crippen LogP contribution >= 0.6 is 0 Å². The molecule has 1 aromatic heterocycles. The second-order valence-corrected chi connectivity index (χ2v) is 5.51. The molecule has 0 aliphatic heterocycles. The van der Waals surface area contributed by atoms with E-state index in [0.29, 0.717) is 29.6 Å². The van der Waals surface area contributed by atoms with Gasteiger partial charge in [-0.1, -0.05) is 6.42 Å². The molecule has 2 rings (SSSR count). The smallest absolute Gasteiger partial charge is 0.371 e. The van der Waals surface area contributed by atoms with Gasteiger partial charge in [0.25, 0.3) is 0 Å². The van der Waals surface area contributed by atoms with Crippen LogP contribution in [-0.4, -0.2) is 29.4 Å². The minimum atomic E-state index is -1.13. The zero-order chi connectivity index (χ0) is 17.5. The molecule has 0 bridgehead atoms. The van der Waals surface area contributed by atoms with Gasteiger partial charge in [-0.15, -0.1) is 0 Å². The van der Waals surface area contributed by atoms with E-state index in [1.165, 1.54) is 13.0 Å². The predicted molar refractivity (Wildman–Crippen MR) is 89.0 cm³/mol. The molecule has 2 amide bonds. The number of carboxylic acids is 1. The van der Waals surface area contributed by atoms with Crippen LogP contribution in [0.1, 0.15) is 43.2 Å². The monoisotopic (exact) mass is 332 g/mol. The number of carbonyl (C=O) groups excluding carboxylic acids is 2. The number of benzene rings is 1. The summed E-state index contributed by atoms with van der Waals surface area (Å²) < 4.78 is 5.17. The molecule has 0 radical (unpaired) electrons. The molecular weight excluding hydrogens is 312 g/mol. The normalized spacial score (nSPS) is 10.5. The second-order valence-electron chi connectivity index (χ2n) is 5.51. The number of anilines is 1. The number of carboxylic acid groups (broad SMARTS) is 1. The summed E-state index contributed by atoms with van der Waals surface area (Å²) in [5, 5.41) is 15.0. The van der Waals surface area contributed by atoms with Crippen molar-refractivity contribution in [2.24, 2.45) is 0 Å². The Morgan fingerprint density at radius 3 is 2.62 bits per heavy atom. The van der Waals surface area contributed by atoms with E-state index in [2.05, 4.69) is 10.6 Å². The molecule has 0 aliphatic rings. The summed E-state index contributed by atoms with van der Waals surface area (Å²) in [4.78, 5) is 33.5. The van der Waals surface area contributed by atoms with Crippen molar-refractivity contribution in [2.75, 3.05) is 11.9 Å². The van der Waals surface area contributed by atoms with Crippen molar-refractivity contribution in [1.82, 2.24) is 5.32 Å². The maximum absolute atomic E-state index is 11.9. The summed E-state index contributed by atoms with van der Waals surface area (Å²) in [6.45, 7) is 2.10. The molecule has 0 saturated carbocycles. The fourth-order valence-electron chi connectivity index (χ4n) is 2.30. The summed E-state index contributed by atoms with van der Waals surface area (Å²) in [5.41, 5.74) is 1.06. The lowest BCUT2D eigenvalue weighted by Crippen LogP contribution is -2.20. The Kier molecular flexibility index (Phi) is 5.95. The quantitative estimate of drug-likeness (QED) is 0.644. The number of hydrogen-bond donors (Lipinski definition) is 3. The molecular formula is C17H20N2O5.